The van der Waals surface area contributed by atoms with Crippen LogP contribution in [-0.2, 0) is 6.42 Å². The van der Waals surface area contributed by atoms with E-state index in [9.17, 15) is 0 Å². The topological polar surface area (TPSA) is 12.0 Å². The van der Waals surface area contributed by atoms with E-state index in [1.54, 1.807) is 17.5 Å². The minimum absolute atomic E-state index is 0.763. The zero-order valence-electron chi connectivity index (χ0n) is 13.4. The first-order valence-electron chi connectivity index (χ1n) is 9.16. The molecule has 0 saturated heterocycles. The summed E-state index contributed by atoms with van der Waals surface area (Å²) in [5, 5.41) is 3.84. The molecule has 3 aliphatic carbocycles. The first-order chi connectivity index (χ1) is 10.3. The van der Waals surface area contributed by atoms with Gasteiger partial charge < -0.3 is 5.32 Å². The Hall–Kier alpha value is -0.820. The average Bonchev–Trinajstić information content (AvgIpc) is 3.13. The van der Waals surface area contributed by atoms with E-state index in [0.29, 0.717) is 0 Å². The number of aryl methyl sites for hydroxylation is 1. The first-order valence-corrected chi connectivity index (χ1v) is 9.16. The maximum absolute atomic E-state index is 3.84. The lowest BCUT2D eigenvalue weighted by molar-refractivity contribution is 0.297. The second-order valence-corrected chi connectivity index (χ2v) is 7.68. The predicted octanol–water partition coefficient (Wildman–Crippen LogP) is 4.52. The lowest BCUT2D eigenvalue weighted by Gasteiger charge is -2.32. The maximum Gasteiger partial charge on any atom is 0.0101 e. The van der Waals surface area contributed by atoms with Crippen LogP contribution in [0.5, 0.6) is 0 Å². The number of hydrogen-bond acceptors (Lipinski definition) is 1. The average molecular weight is 283 g/mol. The molecule has 0 radical (unpaired) electrons. The highest BCUT2D eigenvalue weighted by Gasteiger charge is 2.47. The van der Waals surface area contributed by atoms with E-state index in [-0.39, 0.29) is 0 Å². The Morgan fingerprint density at radius 2 is 1.95 bits per heavy atom. The molecule has 1 N–H and O–H groups in total. The van der Waals surface area contributed by atoms with Crippen molar-refractivity contribution < 1.29 is 0 Å². The Kier molecular flexibility index (Phi) is 3.79. The molecule has 21 heavy (non-hydrogen) atoms. The van der Waals surface area contributed by atoms with E-state index in [1.807, 2.05) is 0 Å². The monoisotopic (exact) mass is 283 g/mol. The number of nitrogens with one attached hydrogen (secondary N) is 1. The van der Waals surface area contributed by atoms with E-state index in [1.165, 1.54) is 38.5 Å². The van der Waals surface area contributed by atoms with E-state index < -0.39 is 0 Å². The molecule has 1 aromatic carbocycles. The zero-order chi connectivity index (χ0) is 14.2. The molecule has 1 nitrogen and oxygen atoms in total. The number of rotatable bonds is 5. The second kappa shape index (κ2) is 5.76. The molecule has 0 spiro atoms. The van der Waals surface area contributed by atoms with Crippen molar-refractivity contribution in [2.24, 2.45) is 17.8 Å². The van der Waals surface area contributed by atoms with Gasteiger partial charge in [-0.25, -0.2) is 0 Å². The molecule has 0 amide bonds. The van der Waals surface area contributed by atoms with Crippen molar-refractivity contribution in [1.29, 1.82) is 0 Å². The van der Waals surface area contributed by atoms with Gasteiger partial charge >= 0.3 is 0 Å². The second-order valence-electron chi connectivity index (χ2n) is 7.68. The van der Waals surface area contributed by atoms with Crippen LogP contribution >= 0.6 is 0 Å². The first kappa shape index (κ1) is 13.8. The van der Waals surface area contributed by atoms with Gasteiger partial charge in [0.05, 0.1) is 0 Å². The summed E-state index contributed by atoms with van der Waals surface area (Å²) < 4.78 is 0. The van der Waals surface area contributed by atoms with Gasteiger partial charge in [-0.15, -0.1) is 0 Å². The fourth-order valence-electron chi connectivity index (χ4n) is 5.20. The Bertz CT molecular complexity index is 484. The molecule has 4 atom stereocenters. The molecule has 0 aliphatic heterocycles. The Labute approximate surface area is 129 Å². The van der Waals surface area contributed by atoms with E-state index in [0.717, 1.165) is 36.3 Å². The highest BCUT2D eigenvalue weighted by molar-refractivity contribution is 5.32. The standard InChI is InChI=1S/C20H29N/c1-2-21-20(18-11-16-10-17(16)12-18)13-15-8-5-7-14-6-3-4-9-19(14)15/h3-4,6,9,15-18,20-21H,2,5,7-8,10-13H2,1H3. The van der Waals surface area contributed by atoms with Gasteiger partial charge in [0.15, 0.2) is 0 Å². The lowest BCUT2D eigenvalue weighted by Crippen LogP contribution is -2.37. The molecule has 2 saturated carbocycles. The van der Waals surface area contributed by atoms with Crippen molar-refractivity contribution in [3.05, 3.63) is 35.4 Å². The predicted molar refractivity (Wildman–Crippen MR) is 88.5 cm³/mol. The summed E-state index contributed by atoms with van der Waals surface area (Å²) in [7, 11) is 0. The quantitative estimate of drug-likeness (QED) is 0.837. The minimum Gasteiger partial charge on any atom is -0.314 e. The van der Waals surface area contributed by atoms with Crippen molar-refractivity contribution >= 4 is 0 Å². The molecule has 0 heterocycles. The SMILES string of the molecule is CCNC(CC1CCCc2ccccc21)C1CC2CC2C1. The molecule has 0 bridgehead atoms. The smallest absolute Gasteiger partial charge is 0.0101 e. The molecule has 3 aliphatic rings. The van der Waals surface area contributed by atoms with Crippen LogP contribution in [0.2, 0.25) is 0 Å². The molecule has 4 unspecified atom stereocenters. The fraction of sp³-hybridized carbons (Fsp3) is 0.700. The van der Waals surface area contributed by atoms with Crippen molar-refractivity contribution in [1.82, 2.24) is 5.32 Å². The molecule has 2 fully saturated rings. The molecular weight excluding hydrogens is 254 g/mol. The van der Waals surface area contributed by atoms with Gasteiger partial charge in [-0.3, -0.25) is 0 Å². The van der Waals surface area contributed by atoms with Gasteiger partial charge in [-0.2, -0.15) is 0 Å². The fourth-order valence-corrected chi connectivity index (χ4v) is 5.20. The Morgan fingerprint density at radius 1 is 1.14 bits per heavy atom. The summed E-state index contributed by atoms with van der Waals surface area (Å²) >= 11 is 0. The number of fused-ring (bicyclic) bond motifs is 2. The summed E-state index contributed by atoms with van der Waals surface area (Å²) in [5.41, 5.74) is 3.29. The third-order valence-electron chi connectivity index (χ3n) is 6.35. The number of benzene rings is 1. The minimum atomic E-state index is 0.763. The van der Waals surface area contributed by atoms with Crippen molar-refractivity contribution in [3.63, 3.8) is 0 Å². The van der Waals surface area contributed by atoms with Gasteiger partial charge in [0, 0.05) is 6.04 Å². The molecular formula is C20H29N. The lowest BCUT2D eigenvalue weighted by atomic mass is 9.77. The van der Waals surface area contributed by atoms with Crippen molar-refractivity contribution in [2.75, 3.05) is 6.54 Å². The normalized spacial score (nSPS) is 35.1. The third-order valence-corrected chi connectivity index (χ3v) is 6.35. The summed E-state index contributed by atoms with van der Waals surface area (Å²) in [6, 6.07) is 9.97. The van der Waals surface area contributed by atoms with Crippen LogP contribution in [0.4, 0.5) is 0 Å². The Balaban J connectivity index is 1.48. The summed E-state index contributed by atoms with van der Waals surface area (Å²) in [6.07, 6.45) is 10.0. The van der Waals surface area contributed by atoms with Crippen LogP contribution in [0.1, 0.15) is 62.5 Å². The summed E-state index contributed by atoms with van der Waals surface area (Å²) in [6.45, 7) is 3.41. The van der Waals surface area contributed by atoms with Gasteiger partial charge in [0.25, 0.3) is 0 Å². The van der Waals surface area contributed by atoms with Crippen LogP contribution in [-0.4, -0.2) is 12.6 Å². The molecule has 1 aromatic rings. The highest BCUT2D eigenvalue weighted by Crippen LogP contribution is 2.55. The Morgan fingerprint density at radius 3 is 2.76 bits per heavy atom. The van der Waals surface area contributed by atoms with Crippen LogP contribution < -0.4 is 5.32 Å². The van der Waals surface area contributed by atoms with Crippen LogP contribution in [0.15, 0.2) is 24.3 Å². The van der Waals surface area contributed by atoms with E-state index in [4.69, 9.17) is 0 Å². The van der Waals surface area contributed by atoms with Crippen LogP contribution in [0.25, 0.3) is 0 Å². The zero-order valence-corrected chi connectivity index (χ0v) is 13.4. The summed E-state index contributed by atoms with van der Waals surface area (Å²) in [4.78, 5) is 0. The van der Waals surface area contributed by atoms with Crippen LogP contribution in [0, 0.1) is 17.8 Å². The largest absolute Gasteiger partial charge is 0.314 e. The van der Waals surface area contributed by atoms with Crippen molar-refractivity contribution in [3.8, 4) is 0 Å². The molecule has 4 rings (SSSR count). The van der Waals surface area contributed by atoms with Gasteiger partial charge in [0.1, 0.15) is 0 Å². The summed E-state index contributed by atoms with van der Waals surface area (Å²) in [5.74, 6) is 3.98. The van der Waals surface area contributed by atoms with E-state index >= 15 is 0 Å². The van der Waals surface area contributed by atoms with Gasteiger partial charge in [0.2, 0.25) is 0 Å². The molecule has 0 aromatic heterocycles. The van der Waals surface area contributed by atoms with Gasteiger partial charge in [-0.05, 0) is 86.3 Å². The maximum atomic E-state index is 3.84. The highest BCUT2D eigenvalue weighted by atomic mass is 14.9. The van der Waals surface area contributed by atoms with Crippen LogP contribution in [0.3, 0.4) is 0 Å². The molecule has 114 valence electrons. The number of hydrogen-bond donors (Lipinski definition) is 1. The van der Waals surface area contributed by atoms with Gasteiger partial charge in [-0.1, -0.05) is 31.2 Å². The third kappa shape index (κ3) is 2.77. The van der Waals surface area contributed by atoms with Crippen molar-refractivity contribution in [2.45, 2.75) is 63.8 Å². The van der Waals surface area contributed by atoms with E-state index in [2.05, 4.69) is 36.5 Å². The molecule has 1 heteroatoms.